The van der Waals surface area contributed by atoms with Crippen LogP contribution >= 0.6 is 11.3 Å². The molecule has 4 aromatic rings. The van der Waals surface area contributed by atoms with E-state index in [1.54, 1.807) is 30.3 Å². The fraction of sp³-hybridized carbons (Fsp3) is 0.115. The molecule has 2 heterocycles. The number of hydrogen-bond acceptors (Lipinski definition) is 7. The van der Waals surface area contributed by atoms with Crippen LogP contribution in [0.4, 0.5) is 10.8 Å². The Balaban J connectivity index is 1.71. The molecule has 1 aromatic heterocycles. The molecule has 8 nitrogen and oxygen atoms in total. The first-order chi connectivity index (χ1) is 16.9. The van der Waals surface area contributed by atoms with Gasteiger partial charge in [0.2, 0.25) is 0 Å². The second kappa shape index (κ2) is 8.77. The van der Waals surface area contributed by atoms with Crippen LogP contribution in [0, 0.1) is 10.1 Å². The number of non-ortho nitro benzene ring substituents is 1. The number of Topliss-reactive ketones (excluding diaryl/α,β-unsaturated/α-hetero) is 1. The highest BCUT2D eigenvalue weighted by atomic mass is 32.1. The Hall–Kier alpha value is -4.37. The van der Waals surface area contributed by atoms with E-state index in [4.69, 9.17) is 0 Å². The zero-order chi connectivity index (χ0) is 24.7. The van der Waals surface area contributed by atoms with Crippen LogP contribution in [0.3, 0.4) is 0 Å². The molecule has 9 heteroatoms. The Kier molecular flexibility index (Phi) is 5.62. The summed E-state index contributed by atoms with van der Waals surface area (Å²) in [5, 5.41) is 22.6. The second-order valence-corrected chi connectivity index (χ2v) is 9.04. The van der Waals surface area contributed by atoms with Crippen LogP contribution in [-0.4, -0.2) is 26.7 Å². The minimum absolute atomic E-state index is 0.0939. The Morgan fingerprint density at radius 1 is 1.09 bits per heavy atom. The molecule has 1 amide bonds. The first kappa shape index (κ1) is 22.4. The van der Waals surface area contributed by atoms with Crippen LogP contribution < -0.4 is 4.90 Å². The van der Waals surface area contributed by atoms with Crippen molar-refractivity contribution in [1.29, 1.82) is 0 Å². The van der Waals surface area contributed by atoms with Crippen molar-refractivity contribution >= 4 is 49.8 Å². The van der Waals surface area contributed by atoms with Crippen molar-refractivity contribution in [3.8, 4) is 0 Å². The fourth-order valence-corrected chi connectivity index (χ4v) is 5.21. The number of rotatable bonds is 5. The van der Waals surface area contributed by atoms with Crippen molar-refractivity contribution < 1.29 is 19.6 Å². The number of aliphatic hydroxyl groups excluding tert-OH is 1. The predicted octanol–water partition coefficient (Wildman–Crippen LogP) is 5.39. The molecule has 1 aliphatic rings. The first-order valence-electron chi connectivity index (χ1n) is 10.9. The van der Waals surface area contributed by atoms with Gasteiger partial charge in [-0.2, -0.15) is 0 Å². The van der Waals surface area contributed by atoms with E-state index in [0.717, 1.165) is 16.7 Å². The highest BCUT2D eigenvalue weighted by Crippen LogP contribution is 2.44. The highest BCUT2D eigenvalue weighted by Gasteiger charge is 2.48. The minimum Gasteiger partial charge on any atom is -0.507 e. The van der Waals surface area contributed by atoms with Gasteiger partial charge < -0.3 is 5.11 Å². The maximum Gasteiger partial charge on any atom is 0.301 e. The van der Waals surface area contributed by atoms with E-state index >= 15 is 0 Å². The Morgan fingerprint density at radius 2 is 1.80 bits per heavy atom. The van der Waals surface area contributed by atoms with E-state index in [1.165, 1.54) is 40.5 Å². The summed E-state index contributed by atoms with van der Waals surface area (Å²) in [5.41, 5.74) is 2.42. The molecular formula is C26H19N3O5S. The number of nitrogens with zero attached hydrogens (tertiary/aromatic N) is 3. The molecule has 5 rings (SSSR count). The quantitative estimate of drug-likeness (QED) is 0.133. The lowest BCUT2D eigenvalue weighted by Crippen LogP contribution is -2.29. The topological polar surface area (TPSA) is 114 Å². The van der Waals surface area contributed by atoms with Crippen molar-refractivity contribution in [2.75, 3.05) is 4.90 Å². The summed E-state index contributed by atoms with van der Waals surface area (Å²) in [6.45, 7) is 2.04. The molecule has 174 valence electrons. The molecule has 0 radical (unpaired) electrons. The largest absolute Gasteiger partial charge is 0.507 e. The molecule has 0 unspecified atom stereocenters. The normalized spacial score (nSPS) is 17.3. The number of thiazole rings is 1. The first-order valence-corrected chi connectivity index (χ1v) is 11.7. The number of aromatic nitrogens is 1. The molecule has 3 aromatic carbocycles. The van der Waals surface area contributed by atoms with Crippen molar-refractivity contribution in [1.82, 2.24) is 4.98 Å². The van der Waals surface area contributed by atoms with Gasteiger partial charge in [-0.1, -0.05) is 54.7 Å². The number of nitro benzene ring substituents is 1. The number of carbonyl (C=O) groups excluding carboxylic acids is 2. The number of aryl methyl sites for hydroxylation is 1. The number of amides is 1. The molecule has 1 saturated heterocycles. The highest BCUT2D eigenvalue weighted by molar-refractivity contribution is 7.22. The van der Waals surface area contributed by atoms with Gasteiger partial charge in [-0.15, -0.1) is 0 Å². The fourth-order valence-electron chi connectivity index (χ4n) is 4.15. The van der Waals surface area contributed by atoms with E-state index in [0.29, 0.717) is 21.8 Å². The van der Waals surface area contributed by atoms with Gasteiger partial charge in [0.1, 0.15) is 5.76 Å². The van der Waals surface area contributed by atoms with E-state index < -0.39 is 22.7 Å². The van der Waals surface area contributed by atoms with Gasteiger partial charge in [-0.25, -0.2) is 4.98 Å². The number of fused-ring (bicyclic) bond motifs is 1. The van der Waals surface area contributed by atoms with Crippen LogP contribution in [0.15, 0.2) is 78.4 Å². The molecule has 1 N–H and O–H groups in total. The molecule has 0 spiro atoms. The van der Waals surface area contributed by atoms with Gasteiger partial charge in [-0.05, 0) is 41.8 Å². The molecule has 1 aliphatic heterocycles. The summed E-state index contributed by atoms with van der Waals surface area (Å²) in [6, 6.07) is 18.9. The zero-order valence-corrected chi connectivity index (χ0v) is 19.4. The van der Waals surface area contributed by atoms with Gasteiger partial charge >= 0.3 is 5.91 Å². The van der Waals surface area contributed by atoms with Crippen molar-refractivity contribution in [2.24, 2.45) is 0 Å². The number of benzene rings is 3. The molecule has 1 atom stereocenters. The second-order valence-electron chi connectivity index (χ2n) is 8.04. The lowest BCUT2D eigenvalue weighted by Gasteiger charge is -2.22. The summed E-state index contributed by atoms with van der Waals surface area (Å²) in [6.07, 6.45) is 0.841. The van der Waals surface area contributed by atoms with Crippen molar-refractivity contribution in [3.63, 3.8) is 0 Å². The van der Waals surface area contributed by atoms with Gasteiger partial charge in [0.15, 0.2) is 5.13 Å². The third kappa shape index (κ3) is 3.85. The smallest absolute Gasteiger partial charge is 0.301 e. The molecule has 0 aliphatic carbocycles. The SMILES string of the molecule is CCc1ccc2nc(N3C(=O)C(=O)C(=C(O)c4ccccc4)[C@H]3c3ccc([N+](=O)[O-])cc3)sc2c1. The van der Waals surface area contributed by atoms with Gasteiger partial charge in [0.05, 0.1) is 26.8 Å². The standard InChI is InChI=1S/C26H19N3O5S/c1-2-15-8-13-19-20(14-15)35-26(27-19)28-22(16-9-11-18(12-10-16)29(33)34)21(24(31)25(28)32)23(30)17-6-4-3-5-7-17/h3-14,22,30H,2H2,1H3/t22-/m1/s1. The van der Waals surface area contributed by atoms with E-state index in [9.17, 15) is 24.8 Å². The zero-order valence-electron chi connectivity index (χ0n) is 18.5. The number of hydrogen-bond donors (Lipinski definition) is 1. The van der Waals surface area contributed by atoms with Crippen molar-refractivity contribution in [3.05, 3.63) is 105 Å². The predicted molar refractivity (Wildman–Crippen MR) is 133 cm³/mol. The third-order valence-electron chi connectivity index (χ3n) is 5.97. The summed E-state index contributed by atoms with van der Waals surface area (Å²) < 4.78 is 0.867. The number of anilines is 1. The Morgan fingerprint density at radius 3 is 2.46 bits per heavy atom. The average molecular weight is 486 g/mol. The Labute approximate surface area is 203 Å². The summed E-state index contributed by atoms with van der Waals surface area (Å²) in [7, 11) is 0. The van der Waals surface area contributed by atoms with Crippen LogP contribution in [0.2, 0.25) is 0 Å². The van der Waals surface area contributed by atoms with Crippen molar-refractivity contribution in [2.45, 2.75) is 19.4 Å². The van der Waals surface area contributed by atoms with Crippen LogP contribution in [0.25, 0.3) is 16.0 Å². The maximum absolute atomic E-state index is 13.3. The van der Waals surface area contributed by atoms with E-state index in [-0.39, 0.29) is 17.0 Å². The summed E-state index contributed by atoms with van der Waals surface area (Å²) in [5.74, 6) is -1.98. The molecule has 0 bridgehead atoms. The third-order valence-corrected chi connectivity index (χ3v) is 6.98. The summed E-state index contributed by atoms with van der Waals surface area (Å²) in [4.78, 5) is 43.0. The maximum atomic E-state index is 13.3. The van der Waals surface area contributed by atoms with Gasteiger partial charge in [-0.3, -0.25) is 24.6 Å². The lowest BCUT2D eigenvalue weighted by molar-refractivity contribution is -0.384. The number of carbonyl (C=O) groups is 2. The minimum atomic E-state index is -0.998. The molecule has 35 heavy (non-hydrogen) atoms. The van der Waals surface area contributed by atoms with E-state index in [2.05, 4.69) is 4.98 Å². The van der Waals surface area contributed by atoms with Gasteiger partial charge in [0.25, 0.3) is 11.5 Å². The van der Waals surface area contributed by atoms with Crippen LogP contribution in [-0.2, 0) is 16.0 Å². The number of aliphatic hydroxyl groups is 1. The number of nitro groups is 1. The molecular weight excluding hydrogens is 466 g/mol. The van der Waals surface area contributed by atoms with Crippen LogP contribution in [0.1, 0.15) is 29.7 Å². The Bertz CT molecular complexity index is 1510. The monoisotopic (exact) mass is 485 g/mol. The average Bonchev–Trinajstić information content (AvgIpc) is 3.41. The van der Waals surface area contributed by atoms with Gasteiger partial charge in [0, 0.05) is 17.7 Å². The number of ketones is 1. The van der Waals surface area contributed by atoms with Crippen LogP contribution in [0.5, 0.6) is 0 Å². The summed E-state index contributed by atoms with van der Waals surface area (Å²) >= 11 is 1.28. The lowest BCUT2D eigenvalue weighted by atomic mass is 9.95. The molecule has 0 saturated carbocycles. The van der Waals surface area contributed by atoms with E-state index in [1.807, 2.05) is 25.1 Å². The molecule has 1 fully saturated rings.